The van der Waals surface area contributed by atoms with E-state index in [0.29, 0.717) is 41.1 Å². The number of para-hydroxylation sites is 1. The summed E-state index contributed by atoms with van der Waals surface area (Å²) >= 11 is 0. The molecule has 0 spiro atoms. The van der Waals surface area contributed by atoms with E-state index in [-0.39, 0.29) is 18.2 Å². The molecule has 7 nitrogen and oxygen atoms in total. The average Bonchev–Trinajstić information content (AvgIpc) is 3.31. The Bertz CT molecular complexity index is 1320. The molecule has 176 valence electrons. The Hall–Kier alpha value is -4.65. The van der Waals surface area contributed by atoms with E-state index in [0.717, 1.165) is 11.1 Å². The first-order valence-corrected chi connectivity index (χ1v) is 11.1. The monoisotopic (exact) mass is 468 g/mol. The molecule has 0 atom stereocenters. The lowest BCUT2D eigenvalue weighted by molar-refractivity contribution is -0.136. The maximum atomic E-state index is 13.0. The molecule has 2 amide bonds. The summed E-state index contributed by atoms with van der Waals surface area (Å²) in [5.41, 5.74) is 3.60. The molecule has 1 aliphatic carbocycles. The number of carbonyl (C=O) groups excluding carboxylic acids is 2. The summed E-state index contributed by atoms with van der Waals surface area (Å²) in [5, 5.41) is 14.6. The van der Waals surface area contributed by atoms with Crippen LogP contribution in [-0.4, -0.2) is 22.9 Å². The molecule has 35 heavy (non-hydrogen) atoms. The first-order valence-electron chi connectivity index (χ1n) is 11.1. The van der Waals surface area contributed by atoms with Gasteiger partial charge in [-0.05, 0) is 55.3 Å². The van der Waals surface area contributed by atoms with Crippen molar-refractivity contribution in [2.24, 2.45) is 0 Å². The summed E-state index contributed by atoms with van der Waals surface area (Å²) < 4.78 is 5.37. The smallest absolute Gasteiger partial charge is 0.303 e. The van der Waals surface area contributed by atoms with Crippen LogP contribution in [0.2, 0.25) is 0 Å². The summed E-state index contributed by atoms with van der Waals surface area (Å²) in [5.74, 6) is -0.829. The molecule has 0 bridgehead atoms. The highest BCUT2D eigenvalue weighted by atomic mass is 16.4. The normalized spacial score (nSPS) is 12.8. The van der Waals surface area contributed by atoms with Crippen molar-refractivity contribution in [3.8, 4) is 11.3 Å². The van der Waals surface area contributed by atoms with Crippen LogP contribution in [-0.2, 0) is 4.79 Å². The molecule has 7 heteroatoms. The van der Waals surface area contributed by atoms with Gasteiger partial charge in [-0.3, -0.25) is 14.4 Å². The molecular weight excluding hydrogens is 444 g/mol. The first kappa shape index (κ1) is 23.5. The SMILES string of the molecule is O=C(O)CCC1=CC=CC(NC(=O)c2ccccc2NC(=O)c2ccc(-c3ccco3)cc2)=CC1. The van der Waals surface area contributed by atoms with Crippen LogP contribution < -0.4 is 10.6 Å². The number of carbonyl (C=O) groups is 3. The molecule has 2 aromatic carbocycles. The second-order valence-corrected chi connectivity index (χ2v) is 7.95. The van der Waals surface area contributed by atoms with Crippen molar-refractivity contribution in [3.05, 3.63) is 114 Å². The third kappa shape index (κ3) is 6.23. The molecular formula is C28H24N2O5. The number of benzene rings is 2. The maximum Gasteiger partial charge on any atom is 0.303 e. The summed E-state index contributed by atoms with van der Waals surface area (Å²) in [6.45, 7) is 0. The molecule has 3 aromatic rings. The fraction of sp³-hybridized carbons (Fsp3) is 0.107. The number of anilines is 1. The van der Waals surface area contributed by atoms with Crippen molar-refractivity contribution in [2.75, 3.05) is 5.32 Å². The van der Waals surface area contributed by atoms with Crippen molar-refractivity contribution in [1.29, 1.82) is 0 Å². The number of hydrogen-bond donors (Lipinski definition) is 3. The second kappa shape index (κ2) is 11.0. The summed E-state index contributed by atoms with van der Waals surface area (Å²) in [6.07, 6.45) is 9.91. The van der Waals surface area contributed by atoms with Crippen LogP contribution in [0.4, 0.5) is 5.69 Å². The van der Waals surface area contributed by atoms with E-state index in [1.807, 2.05) is 18.2 Å². The van der Waals surface area contributed by atoms with Crippen molar-refractivity contribution in [2.45, 2.75) is 19.3 Å². The minimum Gasteiger partial charge on any atom is -0.481 e. The number of amides is 2. The van der Waals surface area contributed by atoms with Gasteiger partial charge in [0.1, 0.15) is 5.76 Å². The number of nitrogens with one attached hydrogen (secondary N) is 2. The highest BCUT2D eigenvalue weighted by Gasteiger charge is 2.15. The number of allylic oxidation sites excluding steroid dienone is 5. The van der Waals surface area contributed by atoms with Crippen molar-refractivity contribution >= 4 is 23.5 Å². The van der Waals surface area contributed by atoms with Gasteiger partial charge >= 0.3 is 5.97 Å². The molecule has 0 saturated heterocycles. The number of rotatable bonds is 8. The van der Waals surface area contributed by atoms with Crippen LogP contribution in [0.3, 0.4) is 0 Å². The van der Waals surface area contributed by atoms with E-state index >= 15 is 0 Å². The predicted molar refractivity (Wildman–Crippen MR) is 133 cm³/mol. The number of hydrogen-bond acceptors (Lipinski definition) is 4. The number of carboxylic acid groups (broad SMARTS) is 1. The Balaban J connectivity index is 1.42. The molecule has 0 unspecified atom stereocenters. The first-order chi connectivity index (χ1) is 17.0. The van der Waals surface area contributed by atoms with E-state index in [1.54, 1.807) is 73.0 Å². The minimum absolute atomic E-state index is 0.0633. The van der Waals surface area contributed by atoms with Gasteiger partial charge in [0.15, 0.2) is 0 Å². The van der Waals surface area contributed by atoms with Gasteiger partial charge < -0.3 is 20.2 Å². The molecule has 3 N–H and O–H groups in total. The largest absolute Gasteiger partial charge is 0.481 e. The van der Waals surface area contributed by atoms with Crippen molar-refractivity contribution in [1.82, 2.24) is 5.32 Å². The predicted octanol–water partition coefficient (Wildman–Crippen LogP) is 5.56. The summed E-state index contributed by atoms with van der Waals surface area (Å²) in [7, 11) is 0. The Morgan fingerprint density at radius 1 is 0.914 bits per heavy atom. The van der Waals surface area contributed by atoms with Crippen LogP contribution in [0.25, 0.3) is 11.3 Å². The van der Waals surface area contributed by atoms with Gasteiger partial charge in [0.25, 0.3) is 11.8 Å². The van der Waals surface area contributed by atoms with Crippen LogP contribution in [0.5, 0.6) is 0 Å². The van der Waals surface area contributed by atoms with E-state index in [9.17, 15) is 14.4 Å². The molecule has 0 saturated carbocycles. The molecule has 1 heterocycles. The highest BCUT2D eigenvalue weighted by Crippen LogP contribution is 2.22. The van der Waals surface area contributed by atoms with E-state index < -0.39 is 5.97 Å². The van der Waals surface area contributed by atoms with Gasteiger partial charge in [0, 0.05) is 23.2 Å². The Kier molecular flexibility index (Phi) is 7.37. The van der Waals surface area contributed by atoms with Crippen LogP contribution in [0.15, 0.2) is 107 Å². The number of aliphatic carboxylic acids is 1. The summed E-state index contributed by atoms with van der Waals surface area (Å²) in [6, 6.07) is 17.4. The molecule has 1 aliphatic rings. The zero-order chi connectivity index (χ0) is 24.6. The lowest BCUT2D eigenvalue weighted by atomic mass is 10.1. The molecule has 0 radical (unpaired) electrons. The third-order valence-electron chi connectivity index (χ3n) is 5.48. The van der Waals surface area contributed by atoms with Crippen molar-refractivity contribution in [3.63, 3.8) is 0 Å². The lowest BCUT2D eigenvalue weighted by Gasteiger charge is -2.12. The van der Waals surface area contributed by atoms with Crippen LogP contribution in [0, 0.1) is 0 Å². The van der Waals surface area contributed by atoms with Gasteiger partial charge in [0.05, 0.1) is 17.5 Å². The van der Waals surface area contributed by atoms with Crippen LogP contribution in [0.1, 0.15) is 40.0 Å². The fourth-order valence-corrected chi connectivity index (χ4v) is 3.62. The van der Waals surface area contributed by atoms with Crippen molar-refractivity contribution < 1.29 is 23.9 Å². The van der Waals surface area contributed by atoms with E-state index in [2.05, 4.69) is 10.6 Å². The molecule has 0 fully saturated rings. The quantitative estimate of drug-likeness (QED) is 0.401. The average molecular weight is 469 g/mol. The van der Waals surface area contributed by atoms with Gasteiger partial charge in [-0.15, -0.1) is 0 Å². The maximum absolute atomic E-state index is 13.0. The lowest BCUT2D eigenvalue weighted by Crippen LogP contribution is -2.24. The Labute approximate surface area is 202 Å². The molecule has 0 aliphatic heterocycles. The zero-order valence-corrected chi connectivity index (χ0v) is 18.9. The second-order valence-electron chi connectivity index (χ2n) is 7.95. The van der Waals surface area contributed by atoms with Crippen LogP contribution >= 0.6 is 0 Å². The van der Waals surface area contributed by atoms with Gasteiger partial charge in [-0.1, -0.05) is 48.1 Å². The minimum atomic E-state index is -0.844. The summed E-state index contributed by atoms with van der Waals surface area (Å²) in [4.78, 5) is 36.6. The standard InChI is InChI=1S/C28H24N2O5/c31-26(32)17-11-19-5-3-6-22(16-10-19)29-28(34)23-7-1-2-8-24(23)30-27(33)21-14-12-20(13-15-21)25-9-4-18-35-25/h1-9,12-16,18H,10-11,17H2,(H,29,34)(H,30,33)(H,31,32). The molecule has 1 aromatic heterocycles. The molecule has 4 rings (SSSR count). The Morgan fingerprint density at radius 2 is 1.71 bits per heavy atom. The van der Waals surface area contributed by atoms with Gasteiger partial charge in [0.2, 0.25) is 0 Å². The number of furan rings is 1. The van der Waals surface area contributed by atoms with E-state index in [1.165, 1.54) is 0 Å². The zero-order valence-electron chi connectivity index (χ0n) is 18.9. The number of carboxylic acids is 1. The van der Waals surface area contributed by atoms with Gasteiger partial charge in [-0.25, -0.2) is 0 Å². The van der Waals surface area contributed by atoms with Gasteiger partial charge in [-0.2, -0.15) is 0 Å². The topological polar surface area (TPSA) is 109 Å². The third-order valence-corrected chi connectivity index (χ3v) is 5.48. The highest BCUT2D eigenvalue weighted by molar-refractivity contribution is 6.09. The Morgan fingerprint density at radius 3 is 2.46 bits per heavy atom. The fourth-order valence-electron chi connectivity index (χ4n) is 3.62. The van der Waals surface area contributed by atoms with E-state index in [4.69, 9.17) is 9.52 Å².